The van der Waals surface area contributed by atoms with Crippen LogP contribution in [0.5, 0.6) is 0 Å². The molecule has 2 N–H and O–H groups in total. The third-order valence-electron chi connectivity index (χ3n) is 4.23. The van der Waals surface area contributed by atoms with E-state index in [1.807, 2.05) is 51.1 Å². The van der Waals surface area contributed by atoms with E-state index in [0.717, 1.165) is 16.1 Å². The van der Waals surface area contributed by atoms with Gasteiger partial charge in [-0.1, -0.05) is 73.2 Å². The molecule has 0 spiro atoms. The summed E-state index contributed by atoms with van der Waals surface area (Å²) in [5, 5.41) is 14.9. The minimum atomic E-state index is -0.681. The van der Waals surface area contributed by atoms with Crippen molar-refractivity contribution in [3.8, 4) is 10.6 Å². The normalized spacial score (nSPS) is 11.9. The van der Waals surface area contributed by atoms with Gasteiger partial charge in [-0.25, -0.2) is 0 Å². The fourth-order valence-corrected chi connectivity index (χ4v) is 3.37. The lowest BCUT2D eigenvalue weighted by atomic mass is 10.0. The maximum Gasteiger partial charge on any atom is 0.251 e. The SMILES string of the molecule is Cc1ccc(-c2nnc(NC(=O)[C@@H](NC(=O)c3ccccc3)C(C)C)s2)cc1. The Morgan fingerprint density at radius 2 is 1.64 bits per heavy atom. The molecule has 144 valence electrons. The number of rotatable bonds is 6. The molecule has 0 aliphatic heterocycles. The van der Waals surface area contributed by atoms with Gasteiger partial charge in [0.05, 0.1) is 0 Å². The molecule has 0 unspecified atom stereocenters. The first-order valence-corrected chi connectivity index (χ1v) is 9.83. The summed E-state index contributed by atoms with van der Waals surface area (Å²) in [6.07, 6.45) is 0. The molecule has 7 heteroatoms. The first-order valence-electron chi connectivity index (χ1n) is 9.01. The van der Waals surface area contributed by atoms with Gasteiger partial charge in [0, 0.05) is 11.1 Å². The lowest BCUT2D eigenvalue weighted by molar-refractivity contribution is -0.118. The highest BCUT2D eigenvalue weighted by Gasteiger charge is 2.25. The Balaban J connectivity index is 1.69. The van der Waals surface area contributed by atoms with Crippen LogP contribution in [0.1, 0.15) is 29.8 Å². The van der Waals surface area contributed by atoms with Gasteiger partial charge in [-0.2, -0.15) is 0 Å². The van der Waals surface area contributed by atoms with Crippen LogP contribution in [0.25, 0.3) is 10.6 Å². The predicted molar refractivity (Wildman–Crippen MR) is 111 cm³/mol. The molecule has 2 amide bonds. The highest BCUT2D eigenvalue weighted by atomic mass is 32.1. The fourth-order valence-electron chi connectivity index (χ4n) is 2.62. The van der Waals surface area contributed by atoms with Crippen LogP contribution in [0.4, 0.5) is 5.13 Å². The van der Waals surface area contributed by atoms with Gasteiger partial charge in [-0.15, -0.1) is 10.2 Å². The zero-order valence-corrected chi connectivity index (χ0v) is 16.8. The van der Waals surface area contributed by atoms with Crippen LogP contribution in [0.15, 0.2) is 54.6 Å². The highest BCUT2D eigenvalue weighted by molar-refractivity contribution is 7.18. The van der Waals surface area contributed by atoms with Crippen molar-refractivity contribution in [1.29, 1.82) is 0 Å². The zero-order chi connectivity index (χ0) is 20.1. The molecule has 1 atom stereocenters. The predicted octanol–water partition coefficient (Wildman–Crippen LogP) is 3.91. The number of aromatic nitrogens is 2. The molecule has 2 aromatic carbocycles. The summed E-state index contributed by atoms with van der Waals surface area (Å²) < 4.78 is 0. The number of carbonyl (C=O) groups is 2. The van der Waals surface area contributed by atoms with Crippen molar-refractivity contribution in [3.05, 3.63) is 65.7 Å². The number of aryl methyl sites for hydroxylation is 1. The second-order valence-electron chi connectivity index (χ2n) is 6.83. The monoisotopic (exact) mass is 394 g/mol. The Kier molecular flexibility index (Phi) is 6.16. The number of hydrogen-bond acceptors (Lipinski definition) is 5. The van der Waals surface area contributed by atoms with Gasteiger partial charge in [-0.05, 0) is 25.0 Å². The molecule has 6 nitrogen and oxygen atoms in total. The third-order valence-corrected chi connectivity index (χ3v) is 5.11. The molecule has 0 aliphatic rings. The molecule has 3 rings (SSSR count). The van der Waals surface area contributed by atoms with E-state index in [1.54, 1.807) is 24.3 Å². The fraction of sp³-hybridized carbons (Fsp3) is 0.238. The molecule has 1 heterocycles. The summed E-state index contributed by atoms with van der Waals surface area (Å²) in [5.41, 5.74) is 2.62. The van der Waals surface area contributed by atoms with Crippen molar-refractivity contribution in [1.82, 2.24) is 15.5 Å². The van der Waals surface area contributed by atoms with E-state index in [-0.39, 0.29) is 17.7 Å². The molecule has 0 aliphatic carbocycles. The van der Waals surface area contributed by atoms with Crippen LogP contribution in [0.2, 0.25) is 0 Å². The second-order valence-corrected chi connectivity index (χ2v) is 7.81. The summed E-state index contributed by atoms with van der Waals surface area (Å²) in [6.45, 7) is 5.78. The van der Waals surface area contributed by atoms with Crippen LogP contribution in [0.3, 0.4) is 0 Å². The Morgan fingerprint density at radius 3 is 2.29 bits per heavy atom. The van der Waals surface area contributed by atoms with Crippen molar-refractivity contribution in [2.75, 3.05) is 5.32 Å². The Bertz CT molecular complexity index is 952. The van der Waals surface area contributed by atoms with Crippen molar-refractivity contribution in [3.63, 3.8) is 0 Å². The molecular weight excluding hydrogens is 372 g/mol. The minimum absolute atomic E-state index is 0.0860. The highest BCUT2D eigenvalue weighted by Crippen LogP contribution is 2.26. The van der Waals surface area contributed by atoms with Gasteiger partial charge < -0.3 is 5.32 Å². The minimum Gasteiger partial charge on any atom is -0.340 e. The number of nitrogens with one attached hydrogen (secondary N) is 2. The largest absolute Gasteiger partial charge is 0.340 e. The Labute approximate surface area is 168 Å². The van der Waals surface area contributed by atoms with E-state index in [2.05, 4.69) is 20.8 Å². The van der Waals surface area contributed by atoms with Gasteiger partial charge in [0.1, 0.15) is 11.0 Å². The molecule has 0 bridgehead atoms. The summed E-state index contributed by atoms with van der Waals surface area (Å²) >= 11 is 1.30. The van der Waals surface area contributed by atoms with Gasteiger partial charge >= 0.3 is 0 Å². The standard InChI is InChI=1S/C21H22N4O2S/c1-13(2)17(22-18(26)15-7-5-4-6-8-15)19(27)23-21-25-24-20(28-21)16-11-9-14(3)10-12-16/h4-13,17H,1-3H3,(H,22,26)(H,23,25,27)/t17-/m0/s1. The number of anilines is 1. The number of benzene rings is 2. The number of carbonyl (C=O) groups excluding carboxylic acids is 2. The molecule has 3 aromatic rings. The van der Waals surface area contributed by atoms with E-state index >= 15 is 0 Å². The first kappa shape index (κ1) is 19.7. The number of nitrogens with zero attached hydrogens (tertiary/aromatic N) is 2. The van der Waals surface area contributed by atoms with Crippen molar-refractivity contribution in [2.45, 2.75) is 26.8 Å². The van der Waals surface area contributed by atoms with Crippen LogP contribution in [-0.4, -0.2) is 28.1 Å². The van der Waals surface area contributed by atoms with E-state index in [4.69, 9.17) is 0 Å². The summed E-state index contributed by atoms with van der Waals surface area (Å²) in [4.78, 5) is 25.1. The van der Waals surface area contributed by atoms with Crippen molar-refractivity contribution >= 4 is 28.3 Å². The van der Waals surface area contributed by atoms with E-state index < -0.39 is 6.04 Å². The van der Waals surface area contributed by atoms with E-state index in [9.17, 15) is 9.59 Å². The molecule has 0 saturated carbocycles. The maximum absolute atomic E-state index is 12.7. The van der Waals surface area contributed by atoms with Gasteiger partial charge in [-0.3, -0.25) is 14.9 Å². The quantitative estimate of drug-likeness (QED) is 0.664. The Hall–Kier alpha value is -3.06. The maximum atomic E-state index is 12.7. The summed E-state index contributed by atoms with van der Waals surface area (Å²) in [6, 6.07) is 16.1. The van der Waals surface area contributed by atoms with Gasteiger partial charge in [0.2, 0.25) is 11.0 Å². The van der Waals surface area contributed by atoms with Gasteiger partial charge in [0.15, 0.2) is 0 Å². The molecule has 0 saturated heterocycles. The van der Waals surface area contributed by atoms with Crippen LogP contribution < -0.4 is 10.6 Å². The van der Waals surface area contributed by atoms with Crippen LogP contribution in [-0.2, 0) is 4.79 Å². The smallest absolute Gasteiger partial charge is 0.251 e. The second kappa shape index (κ2) is 8.75. The molecule has 0 radical (unpaired) electrons. The first-order chi connectivity index (χ1) is 13.4. The van der Waals surface area contributed by atoms with Gasteiger partial charge in [0.25, 0.3) is 5.91 Å². The average Bonchev–Trinajstić information content (AvgIpc) is 3.15. The zero-order valence-electron chi connectivity index (χ0n) is 16.0. The number of hydrogen-bond donors (Lipinski definition) is 2. The van der Waals surface area contributed by atoms with Crippen molar-refractivity contribution < 1.29 is 9.59 Å². The molecular formula is C21H22N4O2S. The number of amides is 2. The summed E-state index contributed by atoms with van der Waals surface area (Å²) in [7, 11) is 0. The van der Waals surface area contributed by atoms with Crippen LogP contribution >= 0.6 is 11.3 Å². The lowest BCUT2D eigenvalue weighted by Gasteiger charge is -2.21. The average molecular weight is 395 g/mol. The lowest BCUT2D eigenvalue weighted by Crippen LogP contribution is -2.47. The van der Waals surface area contributed by atoms with Crippen LogP contribution in [0, 0.1) is 12.8 Å². The molecule has 0 fully saturated rings. The topological polar surface area (TPSA) is 84.0 Å². The van der Waals surface area contributed by atoms with E-state index in [1.165, 1.54) is 11.3 Å². The third kappa shape index (κ3) is 4.80. The Morgan fingerprint density at radius 1 is 0.964 bits per heavy atom. The van der Waals surface area contributed by atoms with E-state index in [0.29, 0.717) is 10.7 Å². The van der Waals surface area contributed by atoms with Crippen molar-refractivity contribution in [2.24, 2.45) is 5.92 Å². The molecule has 1 aromatic heterocycles. The molecule has 28 heavy (non-hydrogen) atoms. The summed E-state index contributed by atoms with van der Waals surface area (Å²) in [5.74, 6) is -0.685.